The minimum atomic E-state index is -0.497. The van der Waals surface area contributed by atoms with Crippen molar-refractivity contribution in [2.45, 2.75) is 33.9 Å². The number of nitrogens with one attached hydrogen (secondary N) is 2. The minimum Gasteiger partial charge on any atom is -0.380 e. The summed E-state index contributed by atoms with van der Waals surface area (Å²) in [5.41, 5.74) is 2.67. The Balaban J connectivity index is 2.04. The zero-order valence-corrected chi connectivity index (χ0v) is 15.8. The smallest absolute Gasteiger partial charge is 0.251 e. The Morgan fingerprint density at radius 2 is 1.69 bits per heavy atom. The van der Waals surface area contributed by atoms with Crippen LogP contribution in [0.4, 0.5) is 5.69 Å². The molecule has 0 aliphatic carbocycles. The number of rotatable bonds is 6. The maximum Gasteiger partial charge on any atom is 0.251 e. The van der Waals surface area contributed by atoms with E-state index in [9.17, 15) is 9.59 Å². The Labute approximate surface area is 154 Å². The Hall–Kier alpha value is -2.66. The largest absolute Gasteiger partial charge is 0.380 e. The van der Waals surface area contributed by atoms with Gasteiger partial charge in [-0.1, -0.05) is 51.1 Å². The van der Waals surface area contributed by atoms with Gasteiger partial charge < -0.3 is 15.4 Å². The number of carbonyl (C=O) groups excluding carboxylic acids is 2. The quantitative estimate of drug-likeness (QED) is 0.830. The standard InChI is InChI=1S/C21H26N2O3/c1-21(2,3)20(25)23-18-11-7-10-15(12-18)19(24)22-13-16-8-5-6-9-17(16)14-26-4/h5-12H,13-14H2,1-4H3,(H,22,24)(H,23,25). The molecule has 0 unspecified atom stereocenters. The van der Waals surface area contributed by atoms with Crippen LogP contribution < -0.4 is 10.6 Å². The van der Waals surface area contributed by atoms with Crippen molar-refractivity contribution >= 4 is 17.5 Å². The Morgan fingerprint density at radius 1 is 1.00 bits per heavy atom. The molecule has 0 bridgehead atoms. The lowest BCUT2D eigenvalue weighted by atomic mass is 9.95. The second-order valence-corrected chi connectivity index (χ2v) is 7.17. The zero-order chi connectivity index (χ0) is 19.2. The molecular formula is C21H26N2O3. The van der Waals surface area contributed by atoms with Crippen LogP contribution in [0.25, 0.3) is 0 Å². The molecule has 5 heteroatoms. The molecule has 0 spiro atoms. The number of ether oxygens (including phenoxy) is 1. The van der Waals surface area contributed by atoms with Crippen LogP contribution in [0.3, 0.4) is 0 Å². The van der Waals surface area contributed by atoms with E-state index in [4.69, 9.17) is 4.74 Å². The average molecular weight is 354 g/mol. The molecule has 0 atom stereocenters. The van der Waals surface area contributed by atoms with Crippen LogP contribution in [0.2, 0.25) is 0 Å². The van der Waals surface area contributed by atoms with Crippen LogP contribution >= 0.6 is 0 Å². The van der Waals surface area contributed by atoms with E-state index in [0.29, 0.717) is 24.4 Å². The van der Waals surface area contributed by atoms with Crippen molar-refractivity contribution in [3.05, 3.63) is 65.2 Å². The summed E-state index contributed by atoms with van der Waals surface area (Å²) in [4.78, 5) is 24.6. The van der Waals surface area contributed by atoms with Crippen LogP contribution in [0.5, 0.6) is 0 Å². The van der Waals surface area contributed by atoms with Gasteiger partial charge in [-0.2, -0.15) is 0 Å². The van der Waals surface area contributed by atoms with Gasteiger partial charge in [0.05, 0.1) is 6.61 Å². The van der Waals surface area contributed by atoms with Crippen molar-refractivity contribution in [2.24, 2.45) is 5.41 Å². The summed E-state index contributed by atoms with van der Waals surface area (Å²) >= 11 is 0. The Morgan fingerprint density at radius 3 is 2.35 bits per heavy atom. The van der Waals surface area contributed by atoms with E-state index in [2.05, 4.69) is 10.6 Å². The maximum absolute atomic E-state index is 12.5. The molecule has 0 aliphatic heterocycles. The van der Waals surface area contributed by atoms with E-state index in [0.717, 1.165) is 11.1 Å². The molecule has 0 radical (unpaired) electrons. The summed E-state index contributed by atoms with van der Waals surface area (Å²) in [6, 6.07) is 14.8. The Bertz CT molecular complexity index is 779. The van der Waals surface area contributed by atoms with Crippen molar-refractivity contribution in [3.63, 3.8) is 0 Å². The lowest BCUT2D eigenvalue weighted by Crippen LogP contribution is -2.28. The fourth-order valence-electron chi connectivity index (χ4n) is 2.36. The van der Waals surface area contributed by atoms with Gasteiger partial charge in [0.15, 0.2) is 0 Å². The first-order valence-electron chi connectivity index (χ1n) is 8.56. The highest BCUT2D eigenvalue weighted by Gasteiger charge is 2.21. The predicted octanol–water partition coefficient (Wildman–Crippen LogP) is 3.75. The molecule has 2 N–H and O–H groups in total. The van der Waals surface area contributed by atoms with Crippen LogP contribution in [-0.2, 0) is 22.7 Å². The highest BCUT2D eigenvalue weighted by atomic mass is 16.5. The fourth-order valence-corrected chi connectivity index (χ4v) is 2.36. The molecule has 2 amide bonds. The van der Waals surface area contributed by atoms with Gasteiger partial charge in [-0.25, -0.2) is 0 Å². The summed E-state index contributed by atoms with van der Waals surface area (Å²) < 4.78 is 5.19. The number of hydrogen-bond donors (Lipinski definition) is 2. The van der Waals surface area contributed by atoms with E-state index >= 15 is 0 Å². The lowest BCUT2D eigenvalue weighted by molar-refractivity contribution is -0.123. The first-order chi connectivity index (χ1) is 12.3. The highest BCUT2D eigenvalue weighted by molar-refractivity contribution is 5.98. The first kappa shape index (κ1) is 19.7. The van der Waals surface area contributed by atoms with Crippen molar-refractivity contribution < 1.29 is 14.3 Å². The van der Waals surface area contributed by atoms with Gasteiger partial charge in [-0.05, 0) is 29.3 Å². The number of anilines is 1. The number of benzene rings is 2. The number of amides is 2. The van der Waals surface area contributed by atoms with Crippen LogP contribution in [-0.4, -0.2) is 18.9 Å². The normalized spacial score (nSPS) is 11.1. The molecule has 2 aromatic rings. The molecular weight excluding hydrogens is 328 g/mol. The van der Waals surface area contributed by atoms with Gasteiger partial charge in [0.2, 0.25) is 5.91 Å². The number of hydrogen-bond acceptors (Lipinski definition) is 3. The van der Waals surface area contributed by atoms with Crippen molar-refractivity contribution in [1.82, 2.24) is 5.32 Å². The molecule has 0 heterocycles. The van der Waals surface area contributed by atoms with E-state index < -0.39 is 5.41 Å². The van der Waals surface area contributed by atoms with Crippen LogP contribution in [0, 0.1) is 5.41 Å². The van der Waals surface area contributed by atoms with E-state index in [1.165, 1.54) is 0 Å². The number of carbonyl (C=O) groups is 2. The summed E-state index contributed by atoms with van der Waals surface area (Å²) in [6.07, 6.45) is 0. The van der Waals surface area contributed by atoms with E-state index in [-0.39, 0.29) is 11.8 Å². The zero-order valence-electron chi connectivity index (χ0n) is 15.8. The molecule has 0 aliphatic rings. The summed E-state index contributed by atoms with van der Waals surface area (Å²) in [5, 5.41) is 5.76. The van der Waals surface area contributed by atoms with Gasteiger partial charge >= 0.3 is 0 Å². The van der Waals surface area contributed by atoms with Gasteiger partial charge in [0.1, 0.15) is 0 Å². The Kier molecular flexibility index (Phi) is 6.52. The highest BCUT2D eigenvalue weighted by Crippen LogP contribution is 2.18. The lowest BCUT2D eigenvalue weighted by Gasteiger charge is -2.18. The summed E-state index contributed by atoms with van der Waals surface area (Å²) in [5.74, 6) is -0.285. The maximum atomic E-state index is 12.5. The third-order valence-corrected chi connectivity index (χ3v) is 3.92. The number of methoxy groups -OCH3 is 1. The molecule has 0 saturated heterocycles. The van der Waals surface area contributed by atoms with E-state index in [1.54, 1.807) is 31.4 Å². The first-order valence-corrected chi connectivity index (χ1v) is 8.56. The molecule has 0 fully saturated rings. The molecule has 138 valence electrons. The average Bonchev–Trinajstić information content (AvgIpc) is 2.60. The van der Waals surface area contributed by atoms with Crippen LogP contribution in [0.15, 0.2) is 48.5 Å². The van der Waals surface area contributed by atoms with Crippen molar-refractivity contribution in [2.75, 3.05) is 12.4 Å². The predicted molar refractivity (Wildman–Crippen MR) is 103 cm³/mol. The SMILES string of the molecule is COCc1ccccc1CNC(=O)c1cccc(NC(=O)C(C)(C)C)c1. The van der Waals surface area contributed by atoms with Gasteiger partial charge in [-0.3, -0.25) is 9.59 Å². The molecule has 5 nitrogen and oxygen atoms in total. The third kappa shape index (κ3) is 5.43. The fraction of sp³-hybridized carbons (Fsp3) is 0.333. The second kappa shape index (κ2) is 8.63. The monoisotopic (exact) mass is 354 g/mol. The second-order valence-electron chi connectivity index (χ2n) is 7.17. The van der Waals surface area contributed by atoms with E-state index in [1.807, 2.05) is 45.0 Å². The summed E-state index contributed by atoms with van der Waals surface area (Å²) in [7, 11) is 1.65. The molecule has 0 aromatic heterocycles. The minimum absolute atomic E-state index is 0.0939. The van der Waals surface area contributed by atoms with Crippen molar-refractivity contribution in [3.8, 4) is 0 Å². The summed E-state index contributed by atoms with van der Waals surface area (Å²) in [6.45, 7) is 6.44. The third-order valence-electron chi connectivity index (χ3n) is 3.92. The molecule has 26 heavy (non-hydrogen) atoms. The van der Waals surface area contributed by atoms with Crippen LogP contribution in [0.1, 0.15) is 42.3 Å². The topological polar surface area (TPSA) is 67.4 Å². The van der Waals surface area contributed by atoms with Gasteiger partial charge in [-0.15, -0.1) is 0 Å². The molecule has 0 saturated carbocycles. The van der Waals surface area contributed by atoms with Gasteiger partial charge in [0, 0.05) is 30.3 Å². The molecule has 2 aromatic carbocycles. The molecule has 2 rings (SSSR count). The van der Waals surface area contributed by atoms with Crippen molar-refractivity contribution in [1.29, 1.82) is 0 Å². The van der Waals surface area contributed by atoms with Gasteiger partial charge in [0.25, 0.3) is 5.91 Å².